The summed E-state index contributed by atoms with van der Waals surface area (Å²) in [4.78, 5) is 22.2. The van der Waals surface area contributed by atoms with Gasteiger partial charge in [-0.15, -0.1) is 0 Å². The third kappa shape index (κ3) is 4.70. The SMILES string of the molecule is O=C(NCCCCCO)[C@@H]1CC[C@H](C(=O)O)O1. The first kappa shape index (κ1) is 13.9. The highest BCUT2D eigenvalue weighted by atomic mass is 16.5. The third-order valence-electron chi connectivity index (χ3n) is 2.72. The smallest absolute Gasteiger partial charge is 0.332 e. The van der Waals surface area contributed by atoms with Crippen LogP contribution in [0.25, 0.3) is 0 Å². The first-order valence-corrected chi connectivity index (χ1v) is 5.92. The third-order valence-corrected chi connectivity index (χ3v) is 2.72. The molecular weight excluding hydrogens is 226 g/mol. The van der Waals surface area contributed by atoms with Crippen LogP contribution in [-0.2, 0) is 14.3 Å². The molecule has 1 amide bonds. The Morgan fingerprint density at radius 2 is 1.88 bits per heavy atom. The van der Waals surface area contributed by atoms with Crippen LogP contribution in [0.5, 0.6) is 0 Å². The van der Waals surface area contributed by atoms with Gasteiger partial charge in [-0.2, -0.15) is 0 Å². The molecule has 1 saturated heterocycles. The van der Waals surface area contributed by atoms with Crippen molar-refractivity contribution in [2.24, 2.45) is 0 Å². The summed E-state index contributed by atoms with van der Waals surface area (Å²) >= 11 is 0. The standard InChI is InChI=1S/C11H19NO5/c13-7-3-1-2-6-12-10(14)8-4-5-9(17-8)11(15)16/h8-9,13H,1-7H2,(H,12,14)(H,15,16)/t8-,9+/m0/s1. The van der Waals surface area contributed by atoms with Crippen LogP contribution in [0.15, 0.2) is 0 Å². The molecule has 0 spiro atoms. The number of unbranched alkanes of at least 4 members (excludes halogenated alkanes) is 2. The lowest BCUT2D eigenvalue weighted by Gasteiger charge is -2.11. The molecule has 1 rings (SSSR count). The van der Waals surface area contributed by atoms with Crippen molar-refractivity contribution in [3.8, 4) is 0 Å². The van der Waals surface area contributed by atoms with Gasteiger partial charge >= 0.3 is 5.97 Å². The van der Waals surface area contributed by atoms with E-state index in [4.69, 9.17) is 14.9 Å². The highest BCUT2D eigenvalue weighted by Crippen LogP contribution is 2.19. The monoisotopic (exact) mass is 245 g/mol. The summed E-state index contributed by atoms with van der Waals surface area (Å²) < 4.78 is 5.11. The van der Waals surface area contributed by atoms with Crippen molar-refractivity contribution < 1.29 is 24.5 Å². The number of rotatable bonds is 7. The zero-order valence-electron chi connectivity index (χ0n) is 9.72. The number of hydrogen-bond donors (Lipinski definition) is 3. The molecule has 1 fully saturated rings. The highest BCUT2D eigenvalue weighted by molar-refractivity contribution is 5.82. The van der Waals surface area contributed by atoms with Gasteiger partial charge in [-0.1, -0.05) is 0 Å². The molecule has 0 unspecified atom stereocenters. The Balaban J connectivity index is 2.14. The van der Waals surface area contributed by atoms with E-state index in [2.05, 4.69) is 5.32 Å². The normalized spacial score (nSPS) is 23.6. The molecule has 0 radical (unpaired) electrons. The minimum Gasteiger partial charge on any atom is -0.479 e. The van der Waals surface area contributed by atoms with Gasteiger partial charge in [-0.25, -0.2) is 4.79 Å². The van der Waals surface area contributed by atoms with E-state index in [1.165, 1.54) is 0 Å². The summed E-state index contributed by atoms with van der Waals surface area (Å²) in [6.07, 6.45) is 1.77. The molecule has 17 heavy (non-hydrogen) atoms. The number of carbonyl (C=O) groups excluding carboxylic acids is 1. The molecule has 0 aromatic carbocycles. The molecule has 1 heterocycles. The van der Waals surface area contributed by atoms with Crippen LogP contribution in [0.3, 0.4) is 0 Å². The number of hydrogen-bond acceptors (Lipinski definition) is 4. The number of carboxylic acids is 1. The van der Waals surface area contributed by atoms with E-state index < -0.39 is 18.2 Å². The van der Waals surface area contributed by atoms with E-state index >= 15 is 0 Å². The molecule has 0 aliphatic carbocycles. The first-order chi connectivity index (χ1) is 8.15. The lowest BCUT2D eigenvalue weighted by molar-refractivity contribution is -0.151. The molecule has 0 aromatic rings. The van der Waals surface area contributed by atoms with Crippen LogP contribution in [-0.4, -0.2) is 47.4 Å². The van der Waals surface area contributed by atoms with E-state index in [0.717, 1.165) is 19.3 Å². The van der Waals surface area contributed by atoms with Crippen LogP contribution in [0.4, 0.5) is 0 Å². The second-order valence-electron chi connectivity index (χ2n) is 4.10. The maximum absolute atomic E-state index is 11.6. The molecule has 0 bridgehead atoms. The number of carbonyl (C=O) groups is 2. The fourth-order valence-electron chi connectivity index (χ4n) is 1.75. The second kappa shape index (κ2) is 7.24. The van der Waals surface area contributed by atoms with Gasteiger partial charge in [0.05, 0.1) is 0 Å². The summed E-state index contributed by atoms with van der Waals surface area (Å²) in [6, 6.07) is 0. The molecule has 6 heteroatoms. The van der Waals surface area contributed by atoms with E-state index in [0.29, 0.717) is 19.4 Å². The largest absolute Gasteiger partial charge is 0.479 e. The number of ether oxygens (including phenoxy) is 1. The van der Waals surface area contributed by atoms with E-state index in [1.54, 1.807) is 0 Å². The van der Waals surface area contributed by atoms with Gasteiger partial charge in [-0.3, -0.25) is 4.79 Å². The Kier molecular flexibility index (Phi) is 5.93. The predicted molar refractivity (Wildman–Crippen MR) is 59.5 cm³/mol. The van der Waals surface area contributed by atoms with Crippen molar-refractivity contribution in [3.05, 3.63) is 0 Å². The number of amides is 1. The molecule has 1 aliphatic rings. The number of aliphatic carboxylic acids is 1. The second-order valence-corrected chi connectivity index (χ2v) is 4.10. The Morgan fingerprint density at radius 3 is 2.47 bits per heavy atom. The summed E-state index contributed by atoms with van der Waals surface area (Å²) in [5.41, 5.74) is 0. The average Bonchev–Trinajstić information content (AvgIpc) is 2.78. The maximum atomic E-state index is 11.6. The fraction of sp³-hybridized carbons (Fsp3) is 0.818. The Hall–Kier alpha value is -1.14. The topological polar surface area (TPSA) is 95.9 Å². The van der Waals surface area contributed by atoms with Crippen molar-refractivity contribution in [1.82, 2.24) is 5.32 Å². The minimum absolute atomic E-state index is 0.167. The van der Waals surface area contributed by atoms with Gasteiger partial charge in [0.15, 0.2) is 6.10 Å². The predicted octanol–water partition coefficient (Wildman–Crippen LogP) is -0.103. The molecule has 98 valence electrons. The van der Waals surface area contributed by atoms with Crippen molar-refractivity contribution in [2.45, 2.75) is 44.3 Å². The first-order valence-electron chi connectivity index (χ1n) is 5.92. The van der Waals surface area contributed by atoms with Gasteiger partial charge < -0.3 is 20.3 Å². The molecule has 0 saturated carbocycles. The highest BCUT2D eigenvalue weighted by Gasteiger charge is 2.34. The van der Waals surface area contributed by atoms with Crippen molar-refractivity contribution in [3.63, 3.8) is 0 Å². The van der Waals surface area contributed by atoms with Gasteiger partial charge in [0.25, 0.3) is 0 Å². The Morgan fingerprint density at radius 1 is 1.18 bits per heavy atom. The molecule has 1 aliphatic heterocycles. The van der Waals surface area contributed by atoms with Gasteiger partial charge in [-0.05, 0) is 32.1 Å². The van der Waals surface area contributed by atoms with Crippen molar-refractivity contribution in [2.75, 3.05) is 13.2 Å². The lowest BCUT2D eigenvalue weighted by Crippen LogP contribution is -2.36. The molecular formula is C11H19NO5. The van der Waals surface area contributed by atoms with E-state index in [1.807, 2.05) is 0 Å². The summed E-state index contributed by atoms with van der Waals surface area (Å²) in [6.45, 7) is 0.705. The molecule has 0 aromatic heterocycles. The van der Waals surface area contributed by atoms with Crippen molar-refractivity contribution in [1.29, 1.82) is 0 Å². The Labute approximate surface area is 100.0 Å². The number of aliphatic hydroxyl groups is 1. The molecule has 3 N–H and O–H groups in total. The number of nitrogens with one attached hydrogen (secondary N) is 1. The fourth-order valence-corrected chi connectivity index (χ4v) is 1.75. The van der Waals surface area contributed by atoms with E-state index in [9.17, 15) is 9.59 Å². The average molecular weight is 245 g/mol. The van der Waals surface area contributed by atoms with Crippen molar-refractivity contribution >= 4 is 11.9 Å². The summed E-state index contributed by atoms with van der Waals surface area (Å²) in [5.74, 6) is -1.25. The summed E-state index contributed by atoms with van der Waals surface area (Å²) in [7, 11) is 0. The number of carboxylic acid groups (broad SMARTS) is 1. The van der Waals surface area contributed by atoms with E-state index in [-0.39, 0.29) is 12.5 Å². The van der Waals surface area contributed by atoms with Crippen LogP contribution in [0, 0.1) is 0 Å². The van der Waals surface area contributed by atoms with Gasteiger partial charge in [0.1, 0.15) is 6.10 Å². The van der Waals surface area contributed by atoms with Crippen LogP contribution >= 0.6 is 0 Å². The quantitative estimate of drug-likeness (QED) is 0.544. The minimum atomic E-state index is -1.01. The van der Waals surface area contributed by atoms with Crippen LogP contribution in [0.1, 0.15) is 32.1 Å². The van der Waals surface area contributed by atoms with Crippen LogP contribution in [0.2, 0.25) is 0 Å². The zero-order chi connectivity index (χ0) is 12.7. The maximum Gasteiger partial charge on any atom is 0.332 e. The lowest BCUT2D eigenvalue weighted by atomic mass is 10.2. The Bertz CT molecular complexity index is 269. The molecule has 6 nitrogen and oxygen atoms in total. The molecule has 2 atom stereocenters. The van der Waals surface area contributed by atoms with Gasteiger partial charge in [0.2, 0.25) is 5.91 Å². The van der Waals surface area contributed by atoms with Gasteiger partial charge in [0, 0.05) is 13.2 Å². The van der Waals surface area contributed by atoms with Crippen LogP contribution < -0.4 is 5.32 Å². The number of aliphatic hydroxyl groups excluding tert-OH is 1. The zero-order valence-corrected chi connectivity index (χ0v) is 9.72. The summed E-state index contributed by atoms with van der Waals surface area (Å²) in [5, 5.41) is 20.0.